The second-order valence-electron chi connectivity index (χ2n) is 9.12. The lowest BCUT2D eigenvalue weighted by atomic mass is 9.93. The highest BCUT2D eigenvalue weighted by Gasteiger charge is 2.35. The number of carbonyl (C=O) groups is 1. The summed E-state index contributed by atoms with van der Waals surface area (Å²) in [7, 11) is 6.84. The highest BCUT2D eigenvalue weighted by Crippen LogP contribution is 2.38. The van der Waals surface area contributed by atoms with E-state index in [-0.39, 0.29) is 17.7 Å². The second-order valence-corrected chi connectivity index (χ2v) is 10.1. The van der Waals surface area contributed by atoms with Crippen molar-refractivity contribution in [1.82, 2.24) is 4.57 Å². The number of hydrogen-bond donors (Lipinski definition) is 0. The summed E-state index contributed by atoms with van der Waals surface area (Å²) < 4.78 is 24.3. The third kappa shape index (κ3) is 4.93. The molecule has 0 bridgehead atoms. The van der Waals surface area contributed by atoms with Crippen LogP contribution in [0.15, 0.2) is 80.4 Å². The number of methoxy groups -OCH3 is 2. The molecule has 0 spiro atoms. The number of benzene rings is 2. The molecule has 0 radical (unpaired) electrons. The van der Waals surface area contributed by atoms with Crippen LogP contribution in [0.1, 0.15) is 29.9 Å². The summed E-state index contributed by atoms with van der Waals surface area (Å²) in [4.78, 5) is 34.7. The Morgan fingerprint density at radius 1 is 1.07 bits per heavy atom. The van der Waals surface area contributed by atoms with Crippen LogP contribution in [-0.2, 0) is 9.53 Å². The van der Waals surface area contributed by atoms with Crippen LogP contribution in [0.5, 0.6) is 11.5 Å². The molecule has 206 valence electrons. The molecule has 1 aliphatic rings. The van der Waals surface area contributed by atoms with Crippen LogP contribution in [0, 0.1) is 0 Å². The van der Waals surface area contributed by atoms with E-state index in [9.17, 15) is 9.59 Å². The molecule has 0 amide bonds. The Morgan fingerprint density at radius 3 is 2.48 bits per heavy atom. The Labute approximate surface area is 234 Å². The zero-order valence-electron chi connectivity index (χ0n) is 22.8. The number of thiazole rings is 1. The van der Waals surface area contributed by atoms with Crippen LogP contribution in [0.4, 0.5) is 5.88 Å². The summed E-state index contributed by atoms with van der Waals surface area (Å²) in [6.45, 7) is 1.91. The highest BCUT2D eigenvalue weighted by molar-refractivity contribution is 7.07. The van der Waals surface area contributed by atoms with Gasteiger partial charge in [-0.1, -0.05) is 47.7 Å². The van der Waals surface area contributed by atoms with Crippen molar-refractivity contribution in [1.29, 1.82) is 0 Å². The summed E-state index contributed by atoms with van der Waals surface area (Å²) in [6.07, 6.45) is 1.69. The number of aromatic nitrogens is 1. The number of esters is 1. The maximum atomic E-state index is 14.0. The SMILES string of the molecule is CCOC(=O)C1=C(c2ccccc2)N=c2sc(=Cc3ccc(N(C)C)o3)c(=O)n2C1c1ccc(OC)c(OC)c1. The Bertz CT molecular complexity index is 1760. The Balaban J connectivity index is 1.82. The summed E-state index contributed by atoms with van der Waals surface area (Å²) in [5, 5.41) is 0. The molecule has 2 aromatic carbocycles. The molecule has 10 heteroatoms. The van der Waals surface area contributed by atoms with Gasteiger partial charge in [0, 0.05) is 31.8 Å². The molecule has 9 nitrogen and oxygen atoms in total. The molecule has 40 heavy (non-hydrogen) atoms. The smallest absolute Gasteiger partial charge is 0.338 e. The van der Waals surface area contributed by atoms with Crippen LogP contribution in [-0.4, -0.2) is 45.5 Å². The van der Waals surface area contributed by atoms with Gasteiger partial charge in [0.05, 0.1) is 42.7 Å². The summed E-state index contributed by atoms with van der Waals surface area (Å²) in [5.74, 6) is 1.64. The zero-order valence-corrected chi connectivity index (χ0v) is 23.7. The van der Waals surface area contributed by atoms with Gasteiger partial charge in [0.25, 0.3) is 5.56 Å². The van der Waals surface area contributed by atoms with Crippen molar-refractivity contribution in [3.05, 3.63) is 103 Å². The van der Waals surface area contributed by atoms with Crippen LogP contribution in [0.3, 0.4) is 0 Å². The molecule has 4 aromatic rings. The number of hydrogen-bond acceptors (Lipinski definition) is 9. The number of anilines is 1. The lowest BCUT2D eigenvalue weighted by molar-refractivity contribution is -0.138. The number of ether oxygens (including phenoxy) is 3. The largest absolute Gasteiger partial charge is 0.493 e. The van der Waals surface area contributed by atoms with Crippen molar-refractivity contribution in [2.45, 2.75) is 13.0 Å². The average molecular weight is 560 g/mol. The minimum atomic E-state index is -0.832. The fourth-order valence-electron chi connectivity index (χ4n) is 4.57. The lowest BCUT2D eigenvalue weighted by Gasteiger charge is -2.26. The first-order valence-corrected chi connectivity index (χ1v) is 13.5. The third-order valence-electron chi connectivity index (χ3n) is 6.42. The van der Waals surface area contributed by atoms with E-state index in [2.05, 4.69) is 0 Å². The molecule has 3 heterocycles. The predicted molar refractivity (Wildman–Crippen MR) is 154 cm³/mol. The van der Waals surface area contributed by atoms with Gasteiger partial charge < -0.3 is 23.5 Å². The Kier molecular flexibility index (Phi) is 7.61. The fraction of sp³-hybridized carbons (Fsp3) is 0.233. The van der Waals surface area contributed by atoms with Crippen molar-refractivity contribution in [3.8, 4) is 11.5 Å². The van der Waals surface area contributed by atoms with E-state index in [4.69, 9.17) is 23.6 Å². The lowest BCUT2D eigenvalue weighted by Crippen LogP contribution is -2.40. The number of carbonyl (C=O) groups excluding carboxylic acids is 1. The summed E-state index contributed by atoms with van der Waals surface area (Å²) >= 11 is 1.23. The molecule has 0 saturated carbocycles. The molecule has 5 rings (SSSR count). The Morgan fingerprint density at radius 2 is 1.82 bits per heavy atom. The molecule has 0 aliphatic carbocycles. The van der Waals surface area contributed by atoms with Crippen molar-refractivity contribution in [2.75, 3.05) is 39.8 Å². The van der Waals surface area contributed by atoms with E-state index >= 15 is 0 Å². The third-order valence-corrected chi connectivity index (χ3v) is 7.41. The van der Waals surface area contributed by atoms with Gasteiger partial charge in [-0.2, -0.15) is 0 Å². The highest BCUT2D eigenvalue weighted by atomic mass is 32.1. The fourth-order valence-corrected chi connectivity index (χ4v) is 5.55. The van der Waals surface area contributed by atoms with Gasteiger partial charge in [0.2, 0.25) is 0 Å². The number of fused-ring (bicyclic) bond motifs is 1. The van der Waals surface area contributed by atoms with Crippen molar-refractivity contribution in [3.63, 3.8) is 0 Å². The first-order valence-electron chi connectivity index (χ1n) is 12.6. The standard InChI is InChI=1S/C30H29N3O6S/c1-6-38-29(35)25-26(18-10-8-7-9-11-18)31-30-33(27(25)19-12-14-21(36-4)22(16-19)37-5)28(34)23(40-30)17-20-13-15-24(39-20)32(2)3/h7-17,27H,6H2,1-5H3. The molecule has 1 aliphatic heterocycles. The molecule has 0 saturated heterocycles. The molecule has 0 fully saturated rings. The summed E-state index contributed by atoms with van der Waals surface area (Å²) in [5.41, 5.74) is 1.77. The maximum Gasteiger partial charge on any atom is 0.338 e. The number of rotatable bonds is 8. The minimum Gasteiger partial charge on any atom is -0.493 e. The van der Waals surface area contributed by atoms with E-state index in [1.807, 2.05) is 61.5 Å². The predicted octanol–water partition coefficient (Wildman–Crippen LogP) is 3.61. The topological polar surface area (TPSA) is 95.5 Å². The minimum absolute atomic E-state index is 0.167. The number of nitrogens with zero attached hydrogens (tertiary/aromatic N) is 3. The van der Waals surface area contributed by atoms with Gasteiger partial charge in [-0.25, -0.2) is 9.79 Å². The van der Waals surface area contributed by atoms with E-state index in [0.29, 0.717) is 43.7 Å². The zero-order chi connectivity index (χ0) is 28.4. The van der Waals surface area contributed by atoms with Gasteiger partial charge in [-0.15, -0.1) is 0 Å². The first kappa shape index (κ1) is 27.0. The first-order chi connectivity index (χ1) is 19.4. The van der Waals surface area contributed by atoms with E-state index < -0.39 is 12.0 Å². The van der Waals surface area contributed by atoms with Crippen LogP contribution in [0.2, 0.25) is 0 Å². The quantitative estimate of drug-likeness (QED) is 0.305. The molecule has 1 unspecified atom stereocenters. The van der Waals surface area contributed by atoms with Crippen LogP contribution < -0.4 is 29.3 Å². The monoisotopic (exact) mass is 559 g/mol. The van der Waals surface area contributed by atoms with Crippen LogP contribution >= 0.6 is 11.3 Å². The average Bonchev–Trinajstić information content (AvgIpc) is 3.56. The molecular formula is C30H29N3O6S. The van der Waals surface area contributed by atoms with E-state index in [1.165, 1.54) is 23.0 Å². The van der Waals surface area contributed by atoms with E-state index in [1.54, 1.807) is 38.3 Å². The molecule has 1 atom stereocenters. The summed E-state index contributed by atoms with van der Waals surface area (Å²) in [6, 6.07) is 17.5. The Hall–Kier alpha value is -4.57. The van der Waals surface area contributed by atoms with Gasteiger partial charge >= 0.3 is 5.97 Å². The molecular weight excluding hydrogens is 530 g/mol. The number of furan rings is 1. The molecule has 2 aromatic heterocycles. The van der Waals surface area contributed by atoms with Crippen molar-refractivity contribution >= 4 is 35.0 Å². The molecule has 0 N–H and O–H groups in total. The van der Waals surface area contributed by atoms with E-state index in [0.717, 1.165) is 5.56 Å². The van der Waals surface area contributed by atoms with Gasteiger partial charge in [-0.3, -0.25) is 9.36 Å². The van der Waals surface area contributed by atoms with Gasteiger partial charge in [0.1, 0.15) is 5.76 Å². The van der Waals surface area contributed by atoms with Crippen molar-refractivity contribution < 1.29 is 23.4 Å². The normalized spacial score (nSPS) is 14.9. The van der Waals surface area contributed by atoms with Crippen LogP contribution in [0.25, 0.3) is 11.8 Å². The van der Waals surface area contributed by atoms with Crippen molar-refractivity contribution in [2.24, 2.45) is 4.99 Å². The van der Waals surface area contributed by atoms with Gasteiger partial charge in [-0.05, 0) is 30.7 Å². The van der Waals surface area contributed by atoms with Gasteiger partial charge in [0.15, 0.2) is 22.2 Å². The maximum absolute atomic E-state index is 14.0. The second kappa shape index (κ2) is 11.3.